The van der Waals surface area contributed by atoms with Gasteiger partial charge in [0.1, 0.15) is 11.6 Å². The molecular weight excluding hydrogens is 253 g/mol. The largest absolute Gasteiger partial charge is 0.497 e. The maximum Gasteiger partial charge on any atom is 0.131 e. The second-order valence-electron chi connectivity index (χ2n) is 6.41. The molecule has 0 saturated heterocycles. The van der Waals surface area contributed by atoms with E-state index in [1.165, 1.54) is 18.9 Å². The van der Waals surface area contributed by atoms with Crippen molar-refractivity contribution < 1.29 is 9.13 Å². The van der Waals surface area contributed by atoms with Crippen molar-refractivity contribution in [3.63, 3.8) is 0 Å². The van der Waals surface area contributed by atoms with Crippen molar-refractivity contribution in [3.05, 3.63) is 29.6 Å². The lowest BCUT2D eigenvalue weighted by Gasteiger charge is -2.35. The molecule has 0 aromatic heterocycles. The normalized spacial score (nSPS) is 22.8. The van der Waals surface area contributed by atoms with Crippen molar-refractivity contribution >= 4 is 0 Å². The van der Waals surface area contributed by atoms with Crippen LogP contribution < -0.4 is 10.1 Å². The lowest BCUT2D eigenvalue weighted by atomic mass is 9.75. The van der Waals surface area contributed by atoms with Crippen molar-refractivity contribution in [3.8, 4) is 5.75 Å². The molecule has 0 aliphatic heterocycles. The maximum absolute atomic E-state index is 14.4. The van der Waals surface area contributed by atoms with E-state index in [1.54, 1.807) is 7.11 Å². The molecule has 2 nitrogen and oxygen atoms in total. The van der Waals surface area contributed by atoms with Crippen molar-refractivity contribution in [2.24, 2.45) is 11.3 Å². The summed E-state index contributed by atoms with van der Waals surface area (Å²) in [4.78, 5) is 0. The SMILES string of the molecule is CCNC(c1ccc(OC)cc1F)C1CCCC1(C)C. The Labute approximate surface area is 121 Å². The summed E-state index contributed by atoms with van der Waals surface area (Å²) in [6.45, 7) is 7.53. The fraction of sp³-hybridized carbons (Fsp3) is 0.647. The van der Waals surface area contributed by atoms with E-state index >= 15 is 0 Å². The highest BCUT2D eigenvalue weighted by molar-refractivity contribution is 5.31. The van der Waals surface area contributed by atoms with Gasteiger partial charge in [0.15, 0.2) is 0 Å². The van der Waals surface area contributed by atoms with E-state index in [4.69, 9.17) is 4.74 Å². The van der Waals surface area contributed by atoms with Gasteiger partial charge in [-0.3, -0.25) is 0 Å². The van der Waals surface area contributed by atoms with Crippen LogP contribution in [0.1, 0.15) is 51.6 Å². The molecule has 1 saturated carbocycles. The minimum absolute atomic E-state index is 0.0865. The van der Waals surface area contributed by atoms with Crippen molar-refractivity contribution in [2.45, 2.75) is 46.1 Å². The first-order valence-electron chi connectivity index (χ1n) is 7.56. The van der Waals surface area contributed by atoms with Crippen LogP contribution in [0, 0.1) is 17.2 Å². The molecule has 0 amide bonds. The predicted molar refractivity (Wildman–Crippen MR) is 80.5 cm³/mol. The molecule has 1 N–H and O–H groups in total. The molecule has 20 heavy (non-hydrogen) atoms. The number of hydrogen-bond acceptors (Lipinski definition) is 2. The molecule has 1 aliphatic rings. The van der Waals surface area contributed by atoms with Crippen LogP contribution in [0.2, 0.25) is 0 Å². The van der Waals surface area contributed by atoms with E-state index in [2.05, 4.69) is 26.1 Å². The fourth-order valence-electron chi connectivity index (χ4n) is 3.55. The number of halogens is 1. The zero-order valence-corrected chi connectivity index (χ0v) is 13.0. The fourth-order valence-corrected chi connectivity index (χ4v) is 3.55. The van der Waals surface area contributed by atoms with Gasteiger partial charge in [0.25, 0.3) is 0 Å². The van der Waals surface area contributed by atoms with Crippen molar-refractivity contribution in [2.75, 3.05) is 13.7 Å². The topological polar surface area (TPSA) is 21.3 Å². The van der Waals surface area contributed by atoms with E-state index in [9.17, 15) is 4.39 Å². The Morgan fingerprint density at radius 1 is 1.45 bits per heavy atom. The minimum atomic E-state index is -0.169. The smallest absolute Gasteiger partial charge is 0.131 e. The molecule has 0 heterocycles. The van der Waals surface area contributed by atoms with Crippen LogP contribution in [0.25, 0.3) is 0 Å². The Hall–Kier alpha value is -1.09. The molecular formula is C17H26FNO. The highest BCUT2D eigenvalue weighted by Crippen LogP contribution is 2.49. The second-order valence-corrected chi connectivity index (χ2v) is 6.41. The summed E-state index contributed by atoms with van der Waals surface area (Å²) in [6, 6.07) is 5.30. The number of benzene rings is 1. The van der Waals surface area contributed by atoms with Gasteiger partial charge in [-0.25, -0.2) is 4.39 Å². The molecule has 1 fully saturated rings. The Bertz CT molecular complexity index is 458. The van der Waals surface area contributed by atoms with Crippen LogP contribution in [0.5, 0.6) is 5.75 Å². The lowest BCUT2D eigenvalue weighted by Crippen LogP contribution is -2.34. The third kappa shape index (κ3) is 2.98. The number of methoxy groups -OCH3 is 1. The van der Waals surface area contributed by atoms with E-state index in [0.717, 1.165) is 18.5 Å². The summed E-state index contributed by atoms with van der Waals surface area (Å²) in [6.07, 6.45) is 3.62. The minimum Gasteiger partial charge on any atom is -0.497 e. The monoisotopic (exact) mass is 279 g/mol. The van der Waals surface area contributed by atoms with Gasteiger partial charge >= 0.3 is 0 Å². The van der Waals surface area contributed by atoms with Gasteiger partial charge in [0.05, 0.1) is 7.11 Å². The molecule has 1 aromatic rings. The summed E-state index contributed by atoms with van der Waals surface area (Å²) in [5.41, 5.74) is 1.03. The summed E-state index contributed by atoms with van der Waals surface area (Å²) < 4.78 is 19.5. The molecule has 1 aliphatic carbocycles. The summed E-state index contributed by atoms with van der Waals surface area (Å²) in [5.74, 6) is 0.885. The van der Waals surface area contributed by atoms with Gasteiger partial charge in [-0.05, 0) is 36.8 Å². The first kappa shape index (κ1) is 15.3. The Kier molecular flexibility index (Phi) is 4.69. The number of ether oxygens (including phenoxy) is 1. The molecule has 0 spiro atoms. The highest BCUT2D eigenvalue weighted by Gasteiger charge is 2.40. The molecule has 2 unspecified atom stereocenters. The molecule has 3 heteroatoms. The van der Waals surface area contributed by atoms with Crippen molar-refractivity contribution in [1.82, 2.24) is 5.32 Å². The molecule has 0 radical (unpaired) electrons. The standard InChI is InChI=1S/C17H26FNO/c1-5-19-16(14-7-6-10-17(14,2)3)13-9-8-12(20-4)11-15(13)18/h8-9,11,14,16,19H,5-7,10H2,1-4H3. The van der Waals surface area contributed by atoms with Crippen LogP contribution in [0.3, 0.4) is 0 Å². The molecule has 112 valence electrons. The molecule has 2 rings (SSSR count). The van der Waals surface area contributed by atoms with Crippen LogP contribution in [-0.2, 0) is 0 Å². The average Bonchev–Trinajstić information content (AvgIpc) is 2.76. The zero-order chi connectivity index (χ0) is 14.8. The first-order chi connectivity index (χ1) is 9.49. The molecule has 2 atom stereocenters. The lowest BCUT2D eigenvalue weighted by molar-refractivity contribution is 0.196. The summed E-state index contributed by atoms with van der Waals surface area (Å²) >= 11 is 0. The van der Waals surface area contributed by atoms with Crippen molar-refractivity contribution in [1.29, 1.82) is 0 Å². The van der Waals surface area contributed by atoms with E-state index in [-0.39, 0.29) is 17.3 Å². The third-order valence-corrected chi connectivity index (χ3v) is 4.71. The zero-order valence-electron chi connectivity index (χ0n) is 13.0. The number of rotatable bonds is 5. The second kappa shape index (κ2) is 6.13. The van der Waals surface area contributed by atoms with Gasteiger partial charge in [-0.2, -0.15) is 0 Å². The molecule has 0 bridgehead atoms. The van der Waals surface area contributed by atoms with Crippen LogP contribution in [-0.4, -0.2) is 13.7 Å². The van der Waals surface area contributed by atoms with E-state index in [0.29, 0.717) is 11.7 Å². The maximum atomic E-state index is 14.4. The summed E-state index contributed by atoms with van der Waals surface area (Å²) in [7, 11) is 1.57. The average molecular weight is 279 g/mol. The van der Waals surface area contributed by atoms with Crippen LogP contribution >= 0.6 is 0 Å². The quantitative estimate of drug-likeness (QED) is 0.867. The van der Waals surface area contributed by atoms with Gasteiger partial charge < -0.3 is 10.1 Å². The van der Waals surface area contributed by atoms with Crippen LogP contribution in [0.4, 0.5) is 4.39 Å². The highest BCUT2D eigenvalue weighted by atomic mass is 19.1. The Balaban J connectivity index is 2.33. The van der Waals surface area contributed by atoms with E-state index in [1.807, 2.05) is 12.1 Å². The van der Waals surface area contributed by atoms with Gasteiger partial charge in [0, 0.05) is 17.7 Å². The van der Waals surface area contributed by atoms with E-state index < -0.39 is 0 Å². The van der Waals surface area contributed by atoms with Gasteiger partial charge in [-0.1, -0.05) is 33.3 Å². The van der Waals surface area contributed by atoms with Gasteiger partial charge in [-0.15, -0.1) is 0 Å². The molecule has 1 aromatic carbocycles. The summed E-state index contributed by atoms with van der Waals surface area (Å²) in [5, 5.41) is 3.49. The predicted octanol–water partition coefficient (Wildman–Crippen LogP) is 4.31. The Morgan fingerprint density at radius 3 is 2.70 bits per heavy atom. The number of hydrogen-bond donors (Lipinski definition) is 1. The van der Waals surface area contributed by atoms with Crippen LogP contribution in [0.15, 0.2) is 18.2 Å². The first-order valence-corrected chi connectivity index (χ1v) is 7.56. The van der Waals surface area contributed by atoms with Gasteiger partial charge in [0.2, 0.25) is 0 Å². The third-order valence-electron chi connectivity index (χ3n) is 4.71. The Morgan fingerprint density at radius 2 is 2.20 bits per heavy atom. The number of nitrogens with one attached hydrogen (secondary N) is 1.